The molecule has 0 heterocycles. The minimum absolute atomic E-state index is 0.191. The lowest BCUT2D eigenvalue weighted by molar-refractivity contribution is -0.144. The molecule has 104 valence electrons. The molecule has 20 heavy (non-hydrogen) atoms. The van der Waals surface area contributed by atoms with Crippen molar-refractivity contribution < 1.29 is 9.53 Å². The molecule has 0 amide bonds. The second kappa shape index (κ2) is 7.55. The second-order valence-electron chi connectivity index (χ2n) is 4.88. The lowest BCUT2D eigenvalue weighted by Crippen LogP contribution is -2.19. The highest BCUT2D eigenvalue weighted by atomic mass is 16.5. The Morgan fingerprint density at radius 1 is 1.30 bits per heavy atom. The maximum Gasteiger partial charge on any atom is 0.307 e. The summed E-state index contributed by atoms with van der Waals surface area (Å²) in [6, 6.07) is 9.79. The zero-order chi connectivity index (χ0) is 14.2. The van der Waals surface area contributed by atoms with Crippen molar-refractivity contribution >= 4 is 5.97 Å². The summed E-state index contributed by atoms with van der Waals surface area (Å²) in [7, 11) is 0. The number of esters is 1. The van der Waals surface area contributed by atoms with E-state index in [4.69, 9.17) is 4.74 Å². The minimum Gasteiger partial charge on any atom is -0.444 e. The zero-order valence-corrected chi connectivity index (χ0v) is 11.9. The highest BCUT2D eigenvalue weighted by Crippen LogP contribution is 2.22. The van der Waals surface area contributed by atoms with Crippen LogP contribution in [-0.2, 0) is 9.53 Å². The standard InChI is InChI=1S/C18H20O2/c1-2-18(19)20-17(16-11-7-4-8-12-16)14-13-15-9-5-3-6-10-15/h3,5-6,9-11,17H,2,4,7-8,12H2,1H3/t17-/m0/s1. The molecule has 0 bridgehead atoms. The molecule has 0 saturated carbocycles. The van der Waals surface area contributed by atoms with Gasteiger partial charge in [-0.2, -0.15) is 0 Å². The molecule has 2 rings (SSSR count). The van der Waals surface area contributed by atoms with Crippen LogP contribution < -0.4 is 0 Å². The van der Waals surface area contributed by atoms with E-state index in [1.807, 2.05) is 30.3 Å². The zero-order valence-electron chi connectivity index (χ0n) is 11.9. The number of hydrogen-bond acceptors (Lipinski definition) is 2. The van der Waals surface area contributed by atoms with Gasteiger partial charge in [-0.15, -0.1) is 0 Å². The van der Waals surface area contributed by atoms with Gasteiger partial charge < -0.3 is 4.74 Å². The summed E-state index contributed by atoms with van der Waals surface area (Å²) in [5.74, 6) is 6.02. The van der Waals surface area contributed by atoms with Gasteiger partial charge in [-0.1, -0.05) is 37.1 Å². The molecule has 1 aliphatic rings. The van der Waals surface area contributed by atoms with Crippen molar-refractivity contribution in [1.29, 1.82) is 0 Å². The Bertz CT molecular complexity index is 532. The average Bonchev–Trinajstić information content (AvgIpc) is 2.53. The van der Waals surface area contributed by atoms with Crippen LogP contribution in [0.1, 0.15) is 44.6 Å². The highest BCUT2D eigenvalue weighted by molar-refractivity contribution is 5.69. The van der Waals surface area contributed by atoms with E-state index < -0.39 is 0 Å². The fourth-order valence-electron chi connectivity index (χ4n) is 2.18. The van der Waals surface area contributed by atoms with Gasteiger partial charge in [0.15, 0.2) is 6.10 Å². The maximum atomic E-state index is 11.6. The molecule has 0 fully saturated rings. The van der Waals surface area contributed by atoms with E-state index >= 15 is 0 Å². The number of benzene rings is 1. The molecule has 0 aromatic heterocycles. The van der Waals surface area contributed by atoms with Crippen LogP contribution in [0, 0.1) is 11.8 Å². The van der Waals surface area contributed by atoms with Crippen LogP contribution in [0.2, 0.25) is 0 Å². The summed E-state index contributed by atoms with van der Waals surface area (Å²) < 4.78 is 5.48. The van der Waals surface area contributed by atoms with Gasteiger partial charge in [-0.25, -0.2) is 0 Å². The lowest BCUT2D eigenvalue weighted by Gasteiger charge is -2.19. The van der Waals surface area contributed by atoms with E-state index in [0.29, 0.717) is 6.42 Å². The monoisotopic (exact) mass is 268 g/mol. The minimum atomic E-state index is -0.386. The molecule has 0 N–H and O–H groups in total. The third-order valence-electron chi connectivity index (χ3n) is 3.32. The predicted octanol–water partition coefficient (Wildman–Crippen LogP) is 3.86. The van der Waals surface area contributed by atoms with Crippen LogP contribution in [0.5, 0.6) is 0 Å². The van der Waals surface area contributed by atoms with Crippen molar-refractivity contribution in [3.05, 3.63) is 47.5 Å². The summed E-state index contributed by atoms with van der Waals surface area (Å²) in [6.45, 7) is 1.80. The number of hydrogen-bond donors (Lipinski definition) is 0. The van der Waals surface area contributed by atoms with E-state index in [1.165, 1.54) is 6.42 Å². The molecule has 1 aromatic carbocycles. The molecule has 0 unspecified atom stereocenters. The summed E-state index contributed by atoms with van der Waals surface area (Å²) in [5.41, 5.74) is 2.10. The third-order valence-corrected chi connectivity index (χ3v) is 3.32. The van der Waals surface area contributed by atoms with Crippen molar-refractivity contribution in [1.82, 2.24) is 0 Å². The first-order chi connectivity index (χ1) is 9.79. The van der Waals surface area contributed by atoms with Crippen molar-refractivity contribution in [2.24, 2.45) is 0 Å². The highest BCUT2D eigenvalue weighted by Gasteiger charge is 2.17. The third kappa shape index (κ3) is 4.28. The topological polar surface area (TPSA) is 26.3 Å². The molecule has 0 spiro atoms. The normalized spacial score (nSPS) is 15.6. The molecule has 1 atom stereocenters. The van der Waals surface area contributed by atoms with Gasteiger partial charge in [0.05, 0.1) is 0 Å². The summed E-state index contributed by atoms with van der Waals surface area (Å²) in [4.78, 5) is 11.6. The van der Waals surface area contributed by atoms with Crippen LogP contribution in [-0.4, -0.2) is 12.1 Å². The molecule has 1 aliphatic carbocycles. The van der Waals surface area contributed by atoms with Gasteiger partial charge >= 0.3 is 5.97 Å². The van der Waals surface area contributed by atoms with Crippen LogP contribution in [0.15, 0.2) is 42.0 Å². The van der Waals surface area contributed by atoms with Gasteiger partial charge in [0.2, 0.25) is 0 Å². The van der Waals surface area contributed by atoms with Gasteiger partial charge in [-0.3, -0.25) is 4.79 Å². The van der Waals surface area contributed by atoms with E-state index in [9.17, 15) is 4.79 Å². The number of rotatable bonds is 3. The fourth-order valence-corrected chi connectivity index (χ4v) is 2.18. The summed E-state index contributed by atoms with van der Waals surface area (Å²) in [6.07, 6.45) is 6.58. The Balaban J connectivity index is 2.16. The van der Waals surface area contributed by atoms with Crippen molar-refractivity contribution in [3.8, 4) is 11.8 Å². The molecule has 2 heteroatoms. The number of carbonyl (C=O) groups excluding carboxylic acids is 1. The van der Waals surface area contributed by atoms with Crippen molar-refractivity contribution in [2.45, 2.75) is 45.1 Å². The second-order valence-corrected chi connectivity index (χ2v) is 4.88. The quantitative estimate of drug-likeness (QED) is 0.472. The number of carbonyl (C=O) groups is 1. The van der Waals surface area contributed by atoms with E-state index in [2.05, 4.69) is 17.9 Å². The average molecular weight is 268 g/mol. The molecule has 0 aliphatic heterocycles. The summed E-state index contributed by atoms with van der Waals surface area (Å²) >= 11 is 0. The number of allylic oxidation sites excluding steroid dienone is 1. The Labute approximate surface area is 120 Å². The van der Waals surface area contributed by atoms with Crippen LogP contribution in [0.4, 0.5) is 0 Å². The van der Waals surface area contributed by atoms with Gasteiger partial charge in [0.25, 0.3) is 0 Å². The molecule has 1 aromatic rings. The van der Waals surface area contributed by atoms with Gasteiger partial charge in [-0.05, 0) is 49.3 Å². The van der Waals surface area contributed by atoms with E-state index in [-0.39, 0.29) is 12.1 Å². The van der Waals surface area contributed by atoms with Crippen LogP contribution in [0.25, 0.3) is 0 Å². The molecule has 0 saturated heterocycles. The molecular weight excluding hydrogens is 248 g/mol. The lowest BCUT2D eigenvalue weighted by atomic mass is 9.95. The van der Waals surface area contributed by atoms with Gasteiger partial charge in [0.1, 0.15) is 0 Å². The molecular formula is C18H20O2. The van der Waals surface area contributed by atoms with E-state index in [1.54, 1.807) is 6.92 Å². The predicted molar refractivity (Wildman–Crippen MR) is 80.0 cm³/mol. The van der Waals surface area contributed by atoms with Gasteiger partial charge in [0, 0.05) is 12.0 Å². The first-order valence-corrected chi connectivity index (χ1v) is 7.24. The first kappa shape index (κ1) is 14.4. The Morgan fingerprint density at radius 3 is 2.75 bits per heavy atom. The fraction of sp³-hybridized carbons (Fsp3) is 0.389. The van der Waals surface area contributed by atoms with Crippen LogP contribution in [0.3, 0.4) is 0 Å². The maximum absolute atomic E-state index is 11.6. The SMILES string of the molecule is CCC(=O)O[C@@H](C#Cc1ccccc1)C1=CCCCC1. The smallest absolute Gasteiger partial charge is 0.307 e. The molecule has 0 radical (unpaired) electrons. The van der Waals surface area contributed by atoms with Crippen molar-refractivity contribution in [2.75, 3.05) is 0 Å². The largest absolute Gasteiger partial charge is 0.444 e. The van der Waals surface area contributed by atoms with E-state index in [0.717, 1.165) is 30.4 Å². The Morgan fingerprint density at radius 2 is 2.10 bits per heavy atom. The number of ether oxygens (including phenoxy) is 1. The Hall–Kier alpha value is -2.01. The van der Waals surface area contributed by atoms with Crippen molar-refractivity contribution in [3.63, 3.8) is 0 Å². The summed E-state index contributed by atoms with van der Waals surface area (Å²) in [5, 5.41) is 0. The first-order valence-electron chi connectivity index (χ1n) is 7.24. The Kier molecular flexibility index (Phi) is 5.43. The van der Waals surface area contributed by atoms with Crippen LogP contribution >= 0.6 is 0 Å². The molecule has 2 nitrogen and oxygen atoms in total.